The maximum Gasteiger partial charge on any atom is 0.345 e. The van der Waals surface area contributed by atoms with Crippen LogP contribution in [0.1, 0.15) is 66.9 Å². The fourth-order valence-electron chi connectivity index (χ4n) is 3.22. The standard InChI is InChI=1S/C22H29NO3S/c1-3-4-5-8-17(2)9-6-10-18-12-15-21(24)23(18)16-7-11-19-13-14-20(27-19)22(25)26/h6,10,13-14,17-18H,3,7-9,11-12,15-16H2,1-2H3,(H,25,26)/b10-6+. The summed E-state index contributed by atoms with van der Waals surface area (Å²) in [7, 11) is 0. The number of aromatic carboxylic acids is 1. The van der Waals surface area contributed by atoms with E-state index in [9.17, 15) is 9.59 Å². The molecule has 0 spiro atoms. The van der Waals surface area contributed by atoms with Crippen LogP contribution in [0.4, 0.5) is 0 Å². The Morgan fingerprint density at radius 3 is 2.96 bits per heavy atom. The number of rotatable bonds is 9. The van der Waals surface area contributed by atoms with Crippen LogP contribution in [-0.2, 0) is 11.2 Å². The molecule has 146 valence electrons. The lowest BCUT2D eigenvalue weighted by Crippen LogP contribution is -2.32. The van der Waals surface area contributed by atoms with Gasteiger partial charge in [0.2, 0.25) is 5.91 Å². The molecule has 2 unspecified atom stereocenters. The zero-order valence-electron chi connectivity index (χ0n) is 16.2. The molecule has 0 saturated carbocycles. The molecule has 2 heterocycles. The molecule has 1 aromatic heterocycles. The van der Waals surface area contributed by atoms with Crippen LogP contribution in [0.3, 0.4) is 0 Å². The topological polar surface area (TPSA) is 57.6 Å². The molecule has 0 radical (unpaired) electrons. The van der Waals surface area contributed by atoms with Crippen molar-refractivity contribution in [3.05, 3.63) is 34.0 Å². The number of hydrogen-bond acceptors (Lipinski definition) is 3. The molecule has 1 aliphatic heterocycles. The first-order valence-corrected chi connectivity index (χ1v) is 10.6. The summed E-state index contributed by atoms with van der Waals surface area (Å²) in [6.07, 6.45) is 10.4. The minimum Gasteiger partial charge on any atom is -0.477 e. The third kappa shape index (κ3) is 6.88. The first-order chi connectivity index (χ1) is 13.0. The Labute approximate surface area is 166 Å². The van der Waals surface area contributed by atoms with Crippen molar-refractivity contribution in [3.63, 3.8) is 0 Å². The molecule has 1 fully saturated rings. The minimum atomic E-state index is -0.874. The fraction of sp³-hybridized carbons (Fsp3) is 0.545. The third-order valence-corrected chi connectivity index (χ3v) is 5.85. The van der Waals surface area contributed by atoms with Crippen LogP contribution in [0, 0.1) is 17.8 Å². The molecule has 4 nitrogen and oxygen atoms in total. The van der Waals surface area contributed by atoms with Crippen molar-refractivity contribution in [2.75, 3.05) is 6.54 Å². The lowest BCUT2D eigenvalue weighted by Gasteiger charge is -2.22. The maximum atomic E-state index is 12.2. The Balaban J connectivity index is 1.79. The Hall–Kier alpha value is -2.06. The molecule has 2 atom stereocenters. The number of nitrogens with zero attached hydrogens (tertiary/aromatic N) is 1. The molecular formula is C22H29NO3S. The highest BCUT2D eigenvalue weighted by Gasteiger charge is 2.28. The highest BCUT2D eigenvalue weighted by atomic mass is 32.1. The van der Waals surface area contributed by atoms with E-state index in [1.54, 1.807) is 6.07 Å². The number of likely N-dealkylation sites (tertiary alicyclic amines) is 1. The Bertz CT molecular complexity index is 725. The molecular weight excluding hydrogens is 358 g/mol. The average molecular weight is 388 g/mol. The molecule has 5 heteroatoms. The van der Waals surface area contributed by atoms with Gasteiger partial charge in [-0.2, -0.15) is 0 Å². The Kier molecular flexibility index (Phi) is 8.60. The second kappa shape index (κ2) is 10.9. The maximum absolute atomic E-state index is 12.2. The summed E-state index contributed by atoms with van der Waals surface area (Å²) in [4.78, 5) is 26.6. The third-order valence-electron chi connectivity index (χ3n) is 4.72. The summed E-state index contributed by atoms with van der Waals surface area (Å²) in [5.41, 5.74) is 0. The molecule has 27 heavy (non-hydrogen) atoms. The molecule has 1 N–H and O–H groups in total. The lowest BCUT2D eigenvalue weighted by molar-refractivity contribution is -0.128. The zero-order chi connectivity index (χ0) is 19.6. The van der Waals surface area contributed by atoms with Gasteiger partial charge in [0.05, 0.1) is 6.04 Å². The normalized spacial score (nSPS) is 17.9. The van der Waals surface area contributed by atoms with E-state index in [4.69, 9.17) is 5.11 Å². The lowest BCUT2D eigenvalue weighted by atomic mass is 10.0. The predicted molar refractivity (Wildman–Crippen MR) is 110 cm³/mol. The summed E-state index contributed by atoms with van der Waals surface area (Å²) in [6, 6.07) is 3.73. The largest absolute Gasteiger partial charge is 0.477 e. The predicted octanol–water partition coefficient (Wildman–Crippen LogP) is 4.76. The van der Waals surface area contributed by atoms with E-state index in [-0.39, 0.29) is 11.9 Å². The number of carbonyl (C=O) groups is 2. The van der Waals surface area contributed by atoms with Crippen molar-refractivity contribution in [1.82, 2.24) is 4.90 Å². The van der Waals surface area contributed by atoms with Gasteiger partial charge in [0.15, 0.2) is 0 Å². The van der Waals surface area contributed by atoms with Gasteiger partial charge in [0, 0.05) is 30.7 Å². The van der Waals surface area contributed by atoms with Crippen molar-refractivity contribution in [1.29, 1.82) is 0 Å². The highest BCUT2D eigenvalue weighted by Crippen LogP contribution is 2.23. The van der Waals surface area contributed by atoms with Crippen molar-refractivity contribution < 1.29 is 14.7 Å². The molecule has 1 aromatic rings. The first kappa shape index (κ1) is 21.2. The molecule has 2 rings (SSSR count). The van der Waals surface area contributed by atoms with E-state index >= 15 is 0 Å². The highest BCUT2D eigenvalue weighted by molar-refractivity contribution is 7.13. The molecule has 1 aliphatic rings. The van der Waals surface area contributed by atoms with Gasteiger partial charge in [-0.15, -0.1) is 23.2 Å². The first-order valence-electron chi connectivity index (χ1n) is 9.75. The van der Waals surface area contributed by atoms with Crippen LogP contribution in [0.5, 0.6) is 0 Å². The van der Waals surface area contributed by atoms with Gasteiger partial charge in [-0.05, 0) is 43.7 Å². The van der Waals surface area contributed by atoms with Gasteiger partial charge in [-0.3, -0.25) is 4.79 Å². The summed E-state index contributed by atoms with van der Waals surface area (Å²) < 4.78 is 0. The SMILES string of the molecule is CCC#CCC(C)C/C=C/C1CCC(=O)N1CCCc1ccc(C(=O)O)s1. The van der Waals surface area contributed by atoms with E-state index in [2.05, 4.69) is 37.8 Å². The van der Waals surface area contributed by atoms with Gasteiger partial charge in [-0.25, -0.2) is 4.79 Å². The monoisotopic (exact) mass is 387 g/mol. The number of hydrogen-bond donors (Lipinski definition) is 1. The van der Waals surface area contributed by atoms with Crippen LogP contribution in [0.25, 0.3) is 0 Å². The van der Waals surface area contributed by atoms with Gasteiger partial charge >= 0.3 is 5.97 Å². The molecule has 0 aliphatic carbocycles. The number of carboxylic acids is 1. The fourth-order valence-corrected chi connectivity index (χ4v) is 4.11. The number of thiophene rings is 1. The number of allylic oxidation sites excluding steroid dienone is 1. The summed E-state index contributed by atoms with van der Waals surface area (Å²) >= 11 is 1.32. The Morgan fingerprint density at radius 2 is 2.26 bits per heavy atom. The minimum absolute atomic E-state index is 0.198. The number of carbonyl (C=O) groups excluding carboxylic acids is 1. The van der Waals surface area contributed by atoms with E-state index in [1.165, 1.54) is 11.3 Å². The summed E-state index contributed by atoms with van der Waals surface area (Å²) in [6.45, 7) is 5.00. The van der Waals surface area contributed by atoms with Crippen molar-refractivity contribution in [3.8, 4) is 11.8 Å². The van der Waals surface area contributed by atoms with E-state index < -0.39 is 5.97 Å². The quantitative estimate of drug-likeness (QED) is 0.491. The summed E-state index contributed by atoms with van der Waals surface area (Å²) in [5, 5.41) is 8.99. The van der Waals surface area contributed by atoms with Crippen LogP contribution in [0.15, 0.2) is 24.3 Å². The molecule has 0 bridgehead atoms. The number of aryl methyl sites for hydroxylation is 1. The Morgan fingerprint density at radius 1 is 1.44 bits per heavy atom. The molecule has 0 aromatic carbocycles. The van der Waals surface area contributed by atoms with Crippen LogP contribution < -0.4 is 0 Å². The van der Waals surface area contributed by atoms with Gasteiger partial charge in [0.25, 0.3) is 0 Å². The van der Waals surface area contributed by atoms with Gasteiger partial charge in [-0.1, -0.05) is 26.0 Å². The number of amides is 1. The zero-order valence-corrected chi connectivity index (χ0v) is 17.1. The van der Waals surface area contributed by atoms with E-state index in [1.807, 2.05) is 11.0 Å². The van der Waals surface area contributed by atoms with Gasteiger partial charge in [0.1, 0.15) is 4.88 Å². The van der Waals surface area contributed by atoms with E-state index in [0.29, 0.717) is 17.2 Å². The van der Waals surface area contributed by atoms with E-state index in [0.717, 1.165) is 49.9 Å². The second-order valence-electron chi connectivity index (χ2n) is 7.05. The summed E-state index contributed by atoms with van der Waals surface area (Å²) in [5.74, 6) is 6.19. The number of carboxylic acid groups (broad SMARTS) is 1. The molecule has 1 saturated heterocycles. The van der Waals surface area contributed by atoms with Crippen molar-refractivity contribution in [2.24, 2.45) is 5.92 Å². The van der Waals surface area contributed by atoms with Gasteiger partial charge < -0.3 is 10.0 Å². The van der Waals surface area contributed by atoms with Crippen LogP contribution >= 0.6 is 11.3 Å². The average Bonchev–Trinajstić information content (AvgIpc) is 3.24. The second-order valence-corrected chi connectivity index (χ2v) is 8.22. The van der Waals surface area contributed by atoms with Crippen molar-refractivity contribution in [2.45, 2.75) is 64.8 Å². The van der Waals surface area contributed by atoms with Crippen LogP contribution in [0.2, 0.25) is 0 Å². The van der Waals surface area contributed by atoms with Crippen molar-refractivity contribution >= 4 is 23.2 Å². The molecule has 1 amide bonds. The van der Waals surface area contributed by atoms with Crippen LogP contribution in [-0.4, -0.2) is 34.5 Å². The smallest absolute Gasteiger partial charge is 0.345 e.